The van der Waals surface area contributed by atoms with Crippen LogP contribution in [0, 0.1) is 5.41 Å². The third-order valence-electron chi connectivity index (χ3n) is 10.2. The molecule has 0 atom stereocenters. The third-order valence-corrected chi connectivity index (χ3v) is 10.2. The minimum Gasteiger partial charge on any atom is -0.369 e. The van der Waals surface area contributed by atoms with E-state index in [4.69, 9.17) is 5.73 Å². The molecule has 0 saturated heterocycles. The Hall–Kier alpha value is -0.790. The van der Waals surface area contributed by atoms with Crippen LogP contribution in [0.15, 0.2) is 12.2 Å². The quantitative estimate of drug-likeness (QED) is 0.0561. The fraction of sp³-hybridized carbons (Fsp3) is 0.927. The van der Waals surface area contributed by atoms with Gasteiger partial charge in [0.1, 0.15) is 0 Å². The first-order valence-corrected chi connectivity index (χ1v) is 20.0. The van der Waals surface area contributed by atoms with Crippen molar-refractivity contribution in [1.82, 2.24) is 0 Å². The standard InChI is InChI=1S/C41H81NO/c1-5-7-9-11-13-15-17-19-21-23-25-27-29-31-33-35-37-41(39(3)4,40(42)43)38-36-34-32-30-28-26-24-22-20-18-16-14-12-10-8-6-2/h3,5-38H2,1-2,4H3,(H2,42,43). The number of amides is 1. The number of carbonyl (C=O) groups excluding carboxylic acids is 1. The van der Waals surface area contributed by atoms with Crippen molar-refractivity contribution in [3.63, 3.8) is 0 Å². The molecule has 0 unspecified atom stereocenters. The van der Waals surface area contributed by atoms with E-state index in [1.807, 2.05) is 6.92 Å². The maximum absolute atomic E-state index is 12.6. The Morgan fingerprint density at radius 2 is 0.605 bits per heavy atom. The molecule has 1 amide bonds. The summed E-state index contributed by atoms with van der Waals surface area (Å²) in [5.74, 6) is -0.137. The smallest absolute Gasteiger partial charge is 0.227 e. The minimum absolute atomic E-state index is 0.137. The van der Waals surface area contributed by atoms with Crippen LogP contribution in [0.25, 0.3) is 0 Å². The Labute approximate surface area is 272 Å². The molecule has 0 fully saturated rings. The summed E-state index contributed by atoms with van der Waals surface area (Å²) in [5.41, 5.74) is 6.51. The number of primary amides is 1. The van der Waals surface area contributed by atoms with Crippen LogP contribution in [-0.2, 0) is 4.79 Å². The van der Waals surface area contributed by atoms with Crippen molar-refractivity contribution in [2.24, 2.45) is 11.1 Å². The maximum Gasteiger partial charge on any atom is 0.227 e. The number of hydrogen-bond donors (Lipinski definition) is 1. The van der Waals surface area contributed by atoms with Crippen molar-refractivity contribution in [3.05, 3.63) is 12.2 Å². The average molecular weight is 604 g/mol. The van der Waals surface area contributed by atoms with E-state index in [0.29, 0.717) is 0 Å². The Kier molecular flexibility index (Phi) is 32.0. The van der Waals surface area contributed by atoms with Gasteiger partial charge in [-0.1, -0.05) is 231 Å². The molecular formula is C41H81NO. The van der Waals surface area contributed by atoms with Crippen molar-refractivity contribution < 1.29 is 4.79 Å². The first-order chi connectivity index (χ1) is 21.0. The van der Waals surface area contributed by atoms with Crippen LogP contribution in [0.1, 0.15) is 239 Å². The molecule has 43 heavy (non-hydrogen) atoms. The SMILES string of the molecule is C=C(C)C(CCCCCCCCCCCCCCCCCC)(CCCCCCCCCCCCCCCCCC)C(N)=O. The van der Waals surface area contributed by atoms with Crippen molar-refractivity contribution in [2.45, 2.75) is 239 Å². The summed E-state index contributed by atoms with van der Waals surface area (Å²) in [6.07, 6.45) is 45.8. The molecule has 2 N–H and O–H groups in total. The van der Waals surface area contributed by atoms with Crippen LogP contribution in [0.5, 0.6) is 0 Å². The molecule has 0 aromatic rings. The Morgan fingerprint density at radius 1 is 0.419 bits per heavy atom. The fourth-order valence-corrected chi connectivity index (χ4v) is 6.96. The second kappa shape index (κ2) is 32.6. The van der Waals surface area contributed by atoms with E-state index in [-0.39, 0.29) is 5.91 Å². The van der Waals surface area contributed by atoms with Crippen molar-refractivity contribution in [2.75, 3.05) is 0 Å². The highest BCUT2D eigenvalue weighted by Gasteiger charge is 2.36. The highest BCUT2D eigenvalue weighted by molar-refractivity contribution is 5.83. The summed E-state index contributed by atoms with van der Waals surface area (Å²) in [7, 11) is 0. The van der Waals surface area contributed by atoms with Crippen LogP contribution < -0.4 is 5.73 Å². The molecule has 0 aromatic heterocycles. The first kappa shape index (κ1) is 42.2. The lowest BCUT2D eigenvalue weighted by Gasteiger charge is -2.31. The molecule has 0 heterocycles. The highest BCUT2D eigenvalue weighted by atomic mass is 16.1. The number of nitrogens with two attached hydrogens (primary N) is 1. The molecular weight excluding hydrogens is 522 g/mol. The molecule has 0 rings (SSSR count). The molecule has 0 radical (unpaired) electrons. The number of hydrogen-bond acceptors (Lipinski definition) is 1. The van der Waals surface area contributed by atoms with Crippen LogP contribution in [0.3, 0.4) is 0 Å². The van der Waals surface area contributed by atoms with Gasteiger partial charge in [0.15, 0.2) is 0 Å². The van der Waals surface area contributed by atoms with Gasteiger partial charge in [-0.05, 0) is 19.8 Å². The second-order valence-corrected chi connectivity index (χ2v) is 14.3. The largest absolute Gasteiger partial charge is 0.369 e. The van der Waals surface area contributed by atoms with Crippen molar-refractivity contribution in [1.29, 1.82) is 0 Å². The Morgan fingerprint density at radius 3 is 0.767 bits per heavy atom. The predicted molar refractivity (Wildman–Crippen MR) is 195 cm³/mol. The molecule has 2 heteroatoms. The van der Waals surface area contributed by atoms with Crippen molar-refractivity contribution in [3.8, 4) is 0 Å². The lowest BCUT2D eigenvalue weighted by molar-refractivity contribution is -0.126. The number of unbranched alkanes of at least 4 members (excludes halogenated alkanes) is 30. The van der Waals surface area contributed by atoms with Gasteiger partial charge in [-0.25, -0.2) is 0 Å². The van der Waals surface area contributed by atoms with E-state index in [0.717, 1.165) is 31.3 Å². The maximum atomic E-state index is 12.6. The summed E-state index contributed by atoms with van der Waals surface area (Å²) in [5, 5.41) is 0. The molecule has 2 nitrogen and oxygen atoms in total. The lowest BCUT2D eigenvalue weighted by Crippen LogP contribution is -2.38. The highest BCUT2D eigenvalue weighted by Crippen LogP contribution is 2.38. The van der Waals surface area contributed by atoms with E-state index in [1.165, 1.54) is 193 Å². The molecule has 0 aromatic carbocycles. The fourth-order valence-electron chi connectivity index (χ4n) is 6.96. The van der Waals surface area contributed by atoms with E-state index in [1.54, 1.807) is 0 Å². The zero-order valence-corrected chi connectivity index (χ0v) is 30.2. The summed E-state index contributed by atoms with van der Waals surface area (Å²) in [4.78, 5) is 12.6. The number of rotatable bonds is 36. The topological polar surface area (TPSA) is 43.1 Å². The van der Waals surface area contributed by atoms with Crippen LogP contribution >= 0.6 is 0 Å². The molecule has 256 valence electrons. The van der Waals surface area contributed by atoms with Gasteiger partial charge < -0.3 is 5.73 Å². The molecule has 0 bridgehead atoms. The van der Waals surface area contributed by atoms with Crippen LogP contribution in [-0.4, -0.2) is 5.91 Å². The number of carbonyl (C=O) groups is 1. The Bertz CT molecular complexity index is 545. The van der Waals surface area contributed by atoms with E-state index < -0.39 is 5.41 Å². The summed E-state index contributed by atoms with van der Waals surface area (Å²) in [6, 6.07) is 0. The molecule has 0 saturated carbocycles. The van der Waals surface area contributed by atoms with Gasteiger partial charge in [0.25, 0.3) is 0 Å². The van der Waals surface area contributed by atoms with Gasteiger partial charge in [-0.3, -0.25) is 4.79 Å². The monoisotopic (exact) mass is 604 g/mol. The molecule has 0 spiro atoms. The molecule has 0 aliphatic heterocycles. The van der Waals surface area contributed by atoms with Gasteiger partial charge in [-0.15, -0.1) is 0 Å². The predicted octanol–water partition coefficient (Wildman–Crippen LogP) is 14.3. The molecule has 0 aliphatic carbocycles. The minimum atomic E-state index is -0.480. The van der Waals surface area contributed by atoms with Crippen LogP contribution in [0.4, 0.5) is 0 Å². The van der Waals surface area contributed by atoms with E-state index in [9.17, 15) is 4.79 Å². The van der Waals surface area contributed by atoms with Gasteiger partial charge in [0.2, 0.25) is 5.91 Å². The zero-order chi connectivity index (χ0) is 31.7. The average Bonchev–Trinajstić information content (AvgIpc) is 2.99. The van der Waals surface area contributed by atoms with Crippen molar-refractivity contribution >= 4 is 5.91 Å². The van der Waals surface area contributed by atoms with Gasteiger partial charge in [0.05, 0.1) is 5.41 Å². The lowest BCUT2D eigenvalue weighted by atomic mass is 9.72. The normalized spacial score (nSPS) is 11.8. The third kappa shape index (κ3) is 26.2. The summed E-state index contributed by atoms with van der Waals surface area (Å²) in [6.45, 7) is 10.8. The van der Waals surface area contributed by atoms with E-state index >= 15 is 0 Å². The van der Waals surface area contributed by atoms with Crippen LogP contribution in [0.2, 0.25) is 0 Å². The Balaban J connectivity index is 3.77. The van der Waals surface area contributed by atoms with E-state index in [2.05, 4.69) is 20.4 Å². The first-order valence-electron chi connectivity index (χ1n) is 20.0. The van der Waals surface area contributed by atoms with Gasteiger partial charge >= 0.3 is 0 Å². The molecule has 0 aliphatic rings. The second-order valence-electron chi connectivity index (χ2n) is 14.3. The summed E-state index contributed by atoms with van der Waals surface area (Å²) < 4.78 is 0. The summed E-state index contributed by atoms with van der Waals surface area (Å²) >= 11 is 0. The van der Waals surface area contributed by atoms with Gasteiger partial charge in [0, 0.05) is 0 Å². The van der Waals surface area contributed by atoms with Gasteiger partial charge in [-0.2, -0.15) is 0 Å². The zero-order valence-electron chi connectivity index (χ0n) is 30.2.